The van der Waals surface area contributed by atoms with E-state index < -0.39 is 0 Å². The minimum Gasteiger partial charge on any atom is -0.352 e. The maximum Gasteiger partial charge on any atom is 0.319 e. The average Bonchev–Trinajstić information content (AvgIpc) is 2.69. The van der Waals surface area contributed by atoms with Gasteiger partial charge in [-0.2, -0.15) is 0 Å². The van der Waals surface area contributed by atoms with E-state index in [1.165, 1.54) is 30.4 Å². The predicted octanol–water partition coefficient (Wildman–Crippen LogP) is 4.10. The summed E-state index contributed by atoms with van der Waals surface area (Å²) >= 11 is 0. The van der Waals surface area contributed by atoms with Crippen LogP contribution >= 0.6 is 0 Å². The van der Waals surface area contributed by atoms with Gasteiger partial charge in [0.15, 0.2) is 0 Å². The largest absolute Gasteiger partial charge is 0.352 e. The van der Waals surface area contributed by atoms with E-state index in [-0.39, 0.29) is 6.03 Å². The molecule has 5 nitrogen and oxygen atoms in total. The summed E-state index contributed by atoms with van der Waals surface area (Å²) in [5, 5.41) is 5.97. The van der Waals surface area contributed by atoms with E-state index >= 15 is 0 Å². The zero-order chi connectivity index (χ0) is 17.8. The standard InChI is InChI=1S/C21H26N4O/c26-21(23-18-8-2-1-3-9-18)24-19-10-11-20(22-14-19)25-13-12-16-6-4-5-7-17(16)15-25/h4-7,10-11,14,18H,1-3,8-9,12-13,15H2,(H2,23,24,26). The number of aromatic nitrogens is 1. The lowest BCUT2D eigenvalue weighted by molar-refractivity contribution is 0.244. The van der Waals surface area contributed by atoms with Crippen LogP contribution in [0.1, 0.15) is 43.2 Å². The Balaban J connectivity index is 1.34. The van der Waals surface area contributed by atoms with Crippen LogP contribution in [-0.4, -0.2) is 23.6 Å². The molecule has 2 amide bonds. The Hall–Kier alpha value is -2.56. The number of carbonyl (C=O) groups is 1. The van der Waals surface area contributed by atoms with Gasteiger partial charge in [0, 0.05) is 19.1 Å². The first-order valence-electron chi connectivity index (χ1n) is 9.63. The Bertz CT molecular complexity index is 753. The number of amides is 2. The predicted molar refractivity (Wildman–Crippen MR) is 104 cm³/mol. The third kappa shape index (κ3) is 3.98. The molecule has 0 radical (unpaired) electrons. The van der Waals surface area contributed by atoms with Gasteiger partial charge in [0.25, 0.3) is 0 Å². The van der Waals surface area contributed by atoms with E-state index in [0.29, 0.717) is 6.04 Å². The molecule has 0 bridgehead atoms. The van der Waals surface area contributed by atoms with Crippen molar-refractivity contribution in [2.24, 2.45) is 0 Å². The molecule has 0 unspecified atom stereocenters. The fraction of sp³-hybridized carbons (Fsp3) is 0.429. The van der Waals surface area contributed by atoms with Crippen molar-refractivity contribution in [2.45, 2.75) is 51.1 Å². The molecule has 1 aromatic heterocycles. The van der Waals surface area contributed by atoms with Crippen molar-refractivity contribution in [3.8, 4) is 0 Å². The molecule has 1 fully saturated rings. The van der Waals surface area contributed by atoms with Gasteiger partial charge < -0.3 is 15.5 Å². The average molecular weight is 350 g/mol. The monoisotopic (exact) mass is 350 g/mol. The summed E-state index contributed by atoms with van der Waals surface area (Å²) in [7, 11) is 0. The zero-order valence-corrected chi connectivity index (χ0v) is 15.1. The Morgan fingerprint density at radius 3 is 2.62 bits per heavy atom. The number of urea groups is 1. The molecule has 26 heavy (non-hydrogen) atoms. The summed E-state index contributed by atoms with van der Waals surface area (Å²) in [5.74, 6) is 0.956. The molecule has 2 aliphatic rings. The van der Waals surface area contributed by atoms with Crippen molar-refractivity contribution in [2.75, 3.05) is 16.8 Å². The summed E-state index contributed by atoms with van der Waals surface area (Å²) in [6.45, 7) is 1.86. The fourth-order valence-electron chi connectivity index (χ4n) is 3.94. The van der Waals surface area contributed by atoms with Gasteiger partial charge in [0.2, 0.25) is 0 Å². The van der Waals surface area contributed by atoms with Crippen LogP contribution in [0.3, 0.4) is 0 Å². The normalized spacial score (nSPS) is 17.5. The third-order valence-corrected chi connectivity index (χ3v) is 5.40. The number of anilines is 2. The molecular formula is C21H26N4O. The molecule has 1 aliphatic carbocycles. The lowest BCUT2D eigenvalue weighted by Gasteiger charge is -2.29. The van der Waals surface area contributed by atoms with Crippen LogP contribution in [0.4, 0.5) is 16.3 Å². The first-order valence-corrected chi connectivity index (χ1v) is 9.63. The maximum absolute atomic E-state index is 12.1. The highest BCUT2D eigenvalue weighted by Gasteiger charge is 2.18. The molecule has 2 heterocycles. The molecule has 0 spiro atoms. The van der Waals surface area contributed by atoms with Gasteiger partial charge in [-0.1, -0.05) is 43.5 Å². The van der Waals surface area contributed by atoms with Crippen LogP contribution in [0.25, 0.3) is 0 Å². The first-order chi connectivity index (χ1) is 12.8. The number of rotatable bonds is 3. The molecule has 1 aliphatic heterocycles. The summed E-state index contributed by atoms with van der Waals surface area (Å²) in [6.07, 6.45) is 8.66. The second-order valence-electron chi connectivity index (χ2n) is 7.28. The van der Waals surface area contributed by atoms with E-state index in [4.69, 9.17) is 0 Å². The molecule has 0 atom stereocenters. The van der Waals surface area contributed by atoms with Crippen LogP contribution in [0, 0.1) is 0 Å². The van der Waals surface area contributed by atoms with Crippen LogP contribution in [0.2, 0.25) is 0 Å². The van der Waals surface area contributed by atoms with Gasteiger partial charge in [-0.15, -0.1) is 0 Å². The summed E-state index contributed by atoms with van der Waals surface area (Å²) in [4.78, 5) is 19.0. The summed E-state index contributed by atoms with van der Waals surface area (Å²) < 4.78 is 0. The molecule has 0 saturated heterocycles. The lowest BCUT2D eigenvalue weighted by atomic mass is 9.96. The van der Waals surface area contributed by atoms with Gasteiger partial charge in [-0.25, -0.2) is 9.78 Å². The van der Waals surface area contributed by atoms with Gasteiger partial charge in [0.05, 0.1) is 11.9 Å². The minimum absolute atomic E-state index is 0.127. The molecule has 136 valence electrons. The summed E-state index contributed by atoms with van der Waals surface area (Å²) in [5.41, 5.74) is 3.54. The van der Waals surface area contributed by atoms with Crippen molar-refractivity contribution < 1.29 is 4.79 Å². The van der Waals surface area contributed by atoms with Crippen LogP contribution in [-0.2, 0) is 13.0 Å². The number of hydrogen-bond donors (Lipinski definition) is 2. The number of carbonyl (C=O) groups excluding carboxylic acids is 1. The van der Waals surface area contributed by atoms with E-state index in [9.17, 15) is 4.79 Å². The number of nitrogens with one attached hydrogen (secondary N) is 2. The Morgan fingerprint density at radius 1 is 1.04 bits per heavy atom. The number of hydrogen-bond acceptors (Lipinski definition) is 3. The van der Waals surface area contributed by atoms with Crippen molar-refractivity contribution in [1.82, 2.24) is 10.3 Å². The Kier molecular flexibility index (Phi) is 5.04. The molecular weight excluding hydrogens is 324 g/mol. The van der Waals surface area contributed by atoms with E-state index in [2.05, 4.69) is 44.8 Å². The number of nitrogens with zero attached hydrogens (tertiary/aromatic N) is 2. The molecule has 4 rings (SSSR count). The van der Waals surface area contributed by atoms with Gasteiger partial charge >= 0.3 is 6.03 Å². The minimum atomic E-state index is -0.127. The first kappa shape index (κ1) is 16.9. The summed E-state index contributed by atoms with van der Waals surface area (Å²) in [6, 6.07) is 12.7. The maximum atomic E-state index is 12.1. The lowest BCUT2D eigenvalue weighted by Crippen LogP contribution is -2.39. The van der Waals surface area contributed by atoms with Gasteiger partial charge in [-0.05, 0) is 42.5 Å². The highest BCUT2D eigenvalue weighted by Crippen LogP contribution is 2.23. The van der Waals surface area contributed by atoms with Crippen molar-refractivity contribution in [3.63, 3.8) is 0 Å². The third-order valence-electron chi connectivity index (χ3n) is 5.40. The number of pyridine rings is 1. The van der Waals surface area contributed by atoms with Crippen molar-refractivity contribution in [3.05, 3.63) is 53.7 Å². The van der Waals surface area contributed by atoms with E-state index in [1.807, 2.05) is 12.1 Å². The molecule has 2 aromatic rings. The van der Waals surface area contributed by atoms with Crippen molar-refractivity contribution in [1.29, 1.82) is 0 Å². The second kappa shape index (κ2) is 7.77. The Morgan fingerprint density at radius 2 is 1.85 bits per heavy atom. The highest BCUT2D eigenvalue weighted by atomic mass is 16.2. The van der Waals surface area contributed by atoms with E-state index in [0.717, 1.165) is 43.9 Å². The zero-order valence-electron chi connectivity index (χ0n) is 15.1. The second-order valence-corrected chi connectivity index (χ2v) is 7.28. The SMILES string of the molecule is O=C(Nc1ccc(N2CCc3ccccc3C2)nc1)NC1CCCCC1. The van der Waals surface area contributed by atoms with Crippen LogP contribution in [0.15, 0.2) is 42.6 Å². The Labute approximate surface area is 154 Å². The molecule has 1 aromatic carbocycles. The fourth-order valence-corrected chi connectivity index (χ4v) is 3.94. The molecule has 1 saturated carbocycles. The van der Waals surface area contributed by atoms with Crippen LogP contribution < -0.4 is 15.5 Å². The number of benzene rings is 1. The van der Waals surface area contributed by atoms with E-state index in [1.54, 1.807) is 6.20 Å². The van der Waals surface area contributed by atoms with Gasteiger partial charge in [-0.3, -0.25) is 0 Å². The quantitative estimate of drug-likeness (QED) is 0.876. The molecule has 5 heteroatoms. The van der Waals surface area contributed by atoms with Crippen molar-refractivity contribution >= 4 is 17.5 Å². The van der Waals surface area contributed by atoms with Gasteiger partial charge in [0.1, 0.15) is 5.82 Å². The smallest absolute Gasteiger partial charge is 0.319 e. The molecule has 2 N–H and O–H groups in total. The van der Waals surface area contributed by atoms with Crippen LogP contribution in [0.5, 0.6) is 0 Å². The number of fused-ring (bicyclic) bond motifs is 1. The topological polar surface area (TPSA) is 57.3 Å². The highest BCUT2D eigenvalue weighted by molar-refractivity contribution is 5.89.